The first kappa shape index (κ1) is 11.5. The third-order valence-corrected chi connectivity index (χ3v) is 3.19. The molecule has 1 fully saturated rings. The summed E-state index contributed by atoms with van der Waals surface area (Å²) in [5.74, 6) is -1.32. The summed E-state index contributed by atoms with van der Waals surface area (Å²) in [4.78, 5) is 0. The summed E-state index contributed by atoms with van der Waals surface area (Å²) in [7, 11) is 0. The van der Waals surface area contributed by atoms with Gasteiger partial charge in [0.25, 0.3) is 0 Å². The summed E-state index contributed by atoms with van der Waals surface area (Å²) >= 11 is 0. The molecule has 1 aromatic rings. The van der Waals surface area contributed by atoms with Crippen LogP contribution >= 0.6 is 0 Å². The van der Waals surface area contributed by atoms with Crippen LogP contribution in [0.1, 0.15) is 25.3 Å². The Labute approximate surface area is 93.3 Å². The Kier molecular flexibility index (Phi) is 2.95. The molecule has 1 saturated heterocycles. The van der Waals surface area contributed by atoms with Crippen LogP contribution in [0.2, 0.25) is 0 Å². The van der Waals surface area contributed by atoms with Gasteiger partial charge in [0, 0.05) is 12.1 Å². The number of nitrogens with one attached hydrogen (secondary N) is 1. The van der Waals surface area contributed by atoms with Gasteiger partial charge in [-0.15, -0.1) is 0 Å². The Balaban J connectivity index is 2.33. The largest absolute Gasteiger partial charge is 0.384 e. The summed E-state index contributed by atoms with van der Waals surface area (Å²) in [5.41, 5.74) is -0.955. The van der Waals surface area contributed by atoms with Gasteiger partial charge in [-0.3, -0.25) is 0 Å². The highest BCUT2D eigenvalue weighted by Crippen LogP contribution is 2.30. The second-order valence-electron chi connectivity index (χ2n) is 4.45. The molecular weight excluding hydrogens is 212 g/mol. The van der Waals surface area contributed by atoms with Crippen molar-refractivity contribution in [2.24, 2.45) is 0 Å². The first-order valence-corrected chi connectivity index (χ1v) is 5.42. The minimum absolute atomic E-state index is 0.145. The Morgan fingerprint density at radius 1 is 1.31 bits per heavy atom. The third kappa shape index (κ3) is 2.08. The lowest BCUT2D eigenvalue weighted by molar-refractivity contribution is 0.0212. The fourth-order valence-corrected chi connectivity index (χ4v) is 2.21. The fourth-order valence-electron chi connectivity index (χ4n) is 2.21. The highest BCUT2D eigenvalue weighted by atomic mass is 19.1. The highest BCUT2D eigenvalue weighted by Gasteiger charge is 2.35. The van der Waals surface area contributed by atoms with E-state index in [4.69, 9.17) is 0 Å². The zero-order valence-electron chi connectivity index (χ0n) is 9.13. The van der Waals surface area contributed by atoms with E-state index in [1.54, 1.807) is 6.92 Å². The Hall–Kier alpha value is -1.00. The smallest absolute Gasteiger partial charge is 0.126 e. The molecule has 2 rings (SSSR count). The molecule has 88 valence electrons. The van der Waals surface area contributed by atoms with E-state index in [9.17, 15) is 13.9 Å². The first-order valence-electron chi connectivity index (χ1n) is 5.42. The van der Waals surface area contributed by atoms with Gasteiger partial charge >= 0.3 is 0 Å². The normalized spacial score (nSPS) is 24.4. The molecule has 1 aromatic carbocycles. The number of aliphatic hydroxyl groups is 1. The second kappa shape index (κ2) is 4.11. The van der Waals surface area contributed by atoms with Gasteiger partial charge in [-0.2, -0.15) is 0 Å². The number of hydrogen-bond donors (Lipinski definition) is 2. The molecule has 0 saturated carbocycles. The van der Waals surface area contributed by atoms with E-state index >= 15 is 0 Å². The van der Waals surface area contributed by atoms with E-state index in [0.717, 1.165) is 25.5 Å². The van der Waals surface area contributed by atoms with Crippen LogP contribution in [-0.4, -0.2) is 17.7 Å². The van der Waals surface area contributed by atoms with Crippen molar-refractivity contribution >= 4 is 0 Å². The molecule has 1 heterocycles. The molecule has 0 aliphatic carbocycles. The maximum atomic E-state index is 13.1. The number of rotatable bonds is 2. The van der Waals surface area contributed by atoms with E-state index in [-0.39, 0.29) is 11.6 Å². The van der Waals surface area contributed by atoms with Crippen molar-refractivity contribution in [1.82, 2.24) is 5.32 Å². The fraction of sp³-hybridized carbons (Fsp3) is 0.500. The van der Waals surface area contributed by atoms with Crippen molar-refractivity contribution in [3.8, 4) is 0 Å². The molecule has 1 unspecified atom stereocenters. The lowest BCUT2D eigenvalue weighted by atomic mass is 9.87. The van der Waals surface area contributed by atoms with Gasteiger partial charge in [0.1, 0.15) is 17.2 Å². The van der Waals surface area contributed by atoms with Crippen LogP contribution in [0.4, 0.5) is 8.78 Å². The lowest BCUT2D eigenvalue weighted by Crippen LogP contribution is -2.43. The molecule has 0 aromatic heterocycles. The van der Waals surface area contributed by atoms with E-state index < -0.39 is 17.2 Å². The molecule has 4 heteroatoms. The van der Waals surface area contributed by atoms with Gasteiger partial charge in [0.2, 0.25) is 0 Å². The molecule has 2 atom stereocenters. The molecular formula is C12H15F2NO. The minimum atomic E-state index is -1.24. The predicted octanol–water partition coefficient (Wildman–Crippen LogP) is 1.92. The van der Waals surface area contributed by atoms with Crippen molar-refractivity contribution in [3.63, 3.8) is 0 Å². The lowest BCUT2D eigenvalue weighted by Gasteiger charge is -2.30. The van der Waals surface area contributed by atoms with Gasteiger partial charge in [0.05, 0.1) is 0 Å². The molecule has 16 heavy (non-hydrogen) atoms. The topological polar surface area (TPSA) is 32.3 Å². The monoisotopic (exact) mass is 227 g/mol. The van der Waals surface area contributed by atoms with Crippen molar-refractivity contribution in [2.45, 2.75) is 31.4 Å². The predicted molar refractivity (Wildman–Crippen MR) is 57.0 cm³/mol. The highest BCUT2D eigenvalue weighted by molar-refractivity contribution is 5.25. The summed E-state index contributed by atoms with van der Waals surface area (Å²) < 4.78 is 26.1. The third-order valence-electron chi connectivity index (χ3n) is 3.19. The number of benzene rings is 1. The van der Waals surface area contributed by atoms with E-state index in [0.29, 0.717) is 0 Å². The molecule has 0 bridgehead atoms. The number of hydrogen-bond acceptors (Lipinski definition) is 2. The van der Waals surface area contributed by atoms with E-state index in [1.807, 2.05) is 0 Å². The van der Waals surface area contributed by atoms with Crippen LogP contribution in [0, 0.1) is 11.6 Å². The molecule has 0 radical (unpaired) electrons. The first-order chi connectivity index (χ1) is 7.50. The van der Waals surface area contributed by atoms with Crippen LogP contribution in [-0.2, 0) is 5.60 Å². The molecule has 2 N–H and O–H groups in total. The molecule has 2 nitrogen and oxygen atoms in total. The van der Waals surface area contributed by atoms with Gasteiger partial charge in [0.15, 0.2) is 0 Å². The maximum Gasteiger partial charge on any atom is 0.126 e. The SMILES string of the molecule is CC(O)(c1cc(F)cc(F)c1)[C@@H]1CCCN1. The average Bonchev–Trinajstić information content (AvgIpc) is 2.69. The van der Waals surface area contributed by atoms with Crippen molar-refractivity contribution in [1.29, 1.82) is 0 Å². The molecule has 0 amide bonds. The van der Waals surface area contributed by atoms with Crippen LogP contribution in [0.3, 0.4) is 0 Å². The van der Waals surface area contributed by atoms with Crippen molar-refractivity contribution < 1.29 is 13.9 Å². The standard InChI is InChI=1S/C12H15F2NO/c1-12(16,11-3-2-4-15-11)8-5-9(13)7-10(14)6-8/h5-7,11,15-16H,2-4H2,1H3/t11-,12?/m0/s1. The Morgan fingerprint density at radius 3 is 2.44 bits per heavy atom. The van der Waals surface area contributed by atoms with Gasteiger partial charge in [-0.25, -0.2) is 8.78 Å². The van der Waals surface area contributed by atoms with Gasteiger partial charge in [-0.1, -0.05) is 0 Å². The summed E-state index contributed by atoms with van der Waals surface area (Å²) in [6.07, 6.45) is 1.78. The quantitative estimate of drug-likeness (QED) is 0.809. The Morgan fingerprint density at radius 2 is 1.94 bits per heavy atom. The zero-order valence-corrected chi connectivity index (χ0v) is 9.13. The van der Waals surface area contributed by atoms with Gasteiger partial charge < -0.3 is 10.4 Å². The second-order valence-corrected chi connectivity index (χ2v) is 4.45. The Bertz CT molecular complexity index is 366. The molecule has 1 aliphatic heterocycles. The summed E-state index contributed by atoms with van der Waals surface area (Å²) in [6, 6.07) is 3.03. The number of halogens is 2. The maximum absolute atomic E-state index is 13.1. The van der Waals surface area contributed by atoms with E-state index in [2.05, 4.69) is 5.32 Å². The zero-order chi connectivity index (χ0) is 11.8. The van der Waals surface area contributed by atoms with Crippen molar-refractivity contribution in [3.05, 3.63) is 35.4 Å². The van der Waals surface area contributed by atoms with Crippen LogP contribution in [0.25, 0.3) is 0 Å². The van der Waals surface area contributed by atoms with Crippen LogP contribution < -0.4 is 5.32 Å². The summed E-state index contributed by atoms with van der Waals surface area (Å²) in [5, 5.41) is 13.5. The van der Waals surface area contributed by atoms with Crippen molar-refractivity contribution in [2.75, 3.05) is 6.54 Å². The molecule has 1 aliphatic rings. The molecule has 0 spiro atoms. The van der Waals surface area contributed by atoms with Crippen LogP contribution in [0.15, 0.2) is 18.2 Å². The average molecular weight is 227 g/mol. The van der Waals surface area contributed by atoms with E-state index in [1.165, 1.54) is 12.1 Å². The minimum Gasteiger partial charge on any atom is -0.384 e. The van der Waals surface area contributed by atoms with Gasteiger partial charge in [-0.05, 0) is 44.0 Å². The van der Waals surface area contributed by atoms with Crippen LogP contribution in [0.5, 0.6) is 0 Å². The summed E-state index contributed by atoms with van der Waals surface area (Å²) in [6.45, 7) is 2.42.